The second-order valence-electron chi connectivity index (χ2n) is 4.77. The van der Waals surface area contributed by atoms with Gasteiger partial charge >= 0.3 is 5.69 Å². The van der Waals surface area contributed by atoms with Crippen LogP contribution in [0.25, 0.3) is 0 Å². The summed E-state index contributed by atoms with van der Waals surface area (Å²) in [6.07, 6.45) is -3.21. The number of hydrogen-bond acceptors (Lipinski definition) is 7. The molecule has 1 aromatic heterocycles. The van der Waals surface area contributed by atoms with Crippen LogP contribution in [0.4, 0.5) is 5.82 Å². The fourth-order valence-corrected chi connectivity index (χ4v) is 1.88. The highest BCUT2D eigenvalue weighted by molar-refractivity contribution is 5.36. The SMILES string of the molecule is CC(O[C@H](CO)C(O)CO)n1c(N(C)C)cc(=O)[nH]c1=O. The molecule has 9 heteroatoms. The maximum absolute atomic E-state index is 11.9. The maximum atomic E-state index is 11.9. The van der Waals surface area contributed by atoms with E-state index in [0.717, 1.165) is 0 Å². The molecule has 3 atom stereocenters. The van der Waals surface area contributed by atoms with Crippen LogP contribution in [0.1, 0.15) is 13.2 Å². The Balaban J connectivity index is 3.15. The van der Waals surface area contributed by atoms with Crippen molar-refractivity contribution < 1.29 is 20.1 Å². The number of hydrogen-bond donors (Lipinski definition) is 4. The van der Waals surface area contributed by atoms with E-state index in [-0.39, 0.29) is 0 Å². The standard InChI is InChI=1S/C12H21N3O6/c1-7(21-9(6-17)8(18)5-16)15-11(14(2)3)4-10(19)13-12(15)20/h4,7-9,16-18H,5-6H2,1-3H3,(H,13,19,20)/t7?,8?,9-/m1/s1. The third kappa shape index (κ3) is 4.14. The molecule has 1 aromatic rings. The van der Waals surface area contributed by atoms with Gasteiger partial charge in [-0.3, -0.25) is 14.3 Å². The summed E-state index contributed by atoms with van der Waals surface area (Å²) in [4.78, 5) is 27.0. The van der Waals surface area contributed by atoms with Crippen molar-refractivity contribution in [2.45, 2.75) is 25.4 Å². The highest BCUT2D eigenvalue weighted by Crippen LogP contribution is 2.16. The maximum Gasteiger partial charge on any atom is 0.332 e. The van der Waals surface area contributed by atoms with Crippen LogP contribution in [-0.4, -0.2) is 64.4 Å². The number of nitrogens with zero attached hydrogens (tertiary/aromatic N) is 2. The summed E-state index contributed by atoms with van der Waals surface area (Å²) in [6.45, 7) is 0.417. The van der Waals surface area contributed by atoms with E-state index in [9.17, 15) is 14.7 Å². The molecular formula is C12H21N3O6. The summed E-state index contributed by atoms with van der Waals surface area (Å²) in [6, 6.07) is 1.23. The first-order valence-electron chi connectivity index (χ1n) is 6.40. The van der Waals surface area contributed by atoms with E-state index in [4.69, 9.17) is 14.9 Å². The predicted octanol–water partition coefficient (Wildman–Crippen LogP) is -2.15. The van der Waals surface area contributed by atoms with Crippen LogP contribution in [0, 0.1) is 0 Å². The van der Waals surface area contributed by atoms with Crippen LogP contribution in [-0.2, 0) is 4.74 Å². The Bertz CT molecular complexity index is 567. The van der Waals surface area contributed by atoms with Crippen molar-refractivity contribution in [2.75, 3.05) is 32.2 Å². The van der Waals surface area contributed by atoms with E-state index in [1.807, 2.05) is 0 Å². The lowest BCUT2D eigenvalue weighted by atomic mass is 10.2. The van der Waals surface area contributed by atoms with Crippen molar-refractivity contribution in [3.63, 3.8) is 0 Å². The van der Waals surface area contributed by atoms with Gasteiger partial charge in [-0.2, -0.15) is 0 Å². The summed E-state index contributed by atoms with van der Waals surface area (Å²) in [5.74, 6) is 0.312. The topological polar surface area (TPSA) is 128 Å². The van der Waals surface area contributed by atoms with Crippen LogP contribution in [0.15, 0.2) is 15.7 Å². The molecule has 0 bridgehead atoms. The minimum atomic E-state index is -1.28. The lowest BCUT2D eigenvalue weighted by Crippen LogP contribution is -2.41. The Labute approximate surface area is 121 Å². The van der Waals surface area contributed by atoms with E-state index < -0.39 is 42.9 Å². The number of rotatable bonds is 7. The van der Waals surface area contributed by atoms with Crippen LogP contribution < -0.4 is 16.1 Å². The van der Waals surface area contributed by atoms with Gasteiger partial charge in [0.05, 0.1) is 13.2 Å². The first-order chi connectivity index (χ1) is 9.81. The molecule has 0 aliphatic heterocycles. The minimum Gasteiger partial charge on any atom is -0.394 e. The van der Waals surface area contributed by atoms with Crippen molar-refractivity contribution in [1.82, 2.24) is 9.55 Å². The second-order valence-corrected chi connectivity index (χ2v) is 4.77. The number of aliphatic hydroxyl groups is 3. The van der Waals surface area contributed by atoms with Crippen LogP contribution >= 0.6 is 0 Å². The number of nitrogens with one attached hydrogen (secondary N) is 1. The average molecular weight is 303 g/mol. The Kier molecular flexibility index (Phi) is 6.09. The third-order valence-corrected chi connectivity index (χ3v) is 2.95. The van der Waals surface area contributed by atoms with Crippen molar-refractivity contribution >= 4 is 5.82 Å². The Morgan fingerprint density at radius 3 is 2.43 bits per heavy atom. The highest BCUT2D eigenvalue weighted by Gasteiger charge is 2.23. The fraction of sp³-hybridized carbons (Fsp3) is 0.667. The first-order valence-corrected chi connectivity index (χ1v) is 6.40. The van der Waals surface area contributed by atoms with E-state index >= 15 is 0 Å². The van der Waals surface area contributed by atoms with Gasteiger partial charge in [0.25, 0.3) is 5.56 Å². The van der Waals surface area contributed by atoms with E-state index in [1.54, 1.807) is 19.0 Å². The molecule has 21 heavy (non-hydrogen) atoms. The lowest BCUT2D eigenvalue weighted by molar-refractivity contribution is -0.127. The molecule has 0 amide bonds. The molecule has 0 saturated heterocycles. The largest absolute Gasteiger partial charge is 0.394 e. The number of ether oxygens (including phenoxy) is 1. The monoisotopic (exact) mass is 303 g/mol. The minimum absolute atomic E-state index is 0.312. The number of H-pyrrole nitrogens is 1. The smallest absolute Gasteiger partial charge is 0.332 e. The summed E-state index contributed by atoms with van der Waals surface area (Å²) >= 11 is 0. The lowest BCUT2D eigenvalue weighted by Gasteiger charge is -2.28. The highest BCUT2D eigenvalue weighted by atomic mass is 16.5. The predicted molar refractivity (Wildman–Crippen MR) is 75.4 cm³/mol. The van der Waals surface area contributed by atoms with Gasteiger partial charge in [-0.15, -0.1) is 0 Å². The molecule has 0 fully saturated rings. The summed E-state index contributed by atoms with van der Waals surface area (Å²) < 4.78 is 6.58. The molecule has 9 nitrogen and oxygen atoms in total. The summed E-state index contributed by atoms with van der Waals surface area (Å²) in [7, 11) is 3.31. The normalized spacial score (nSPS) is 15.5. The van der Waals surface area contributed by atoms with Gasteiger partial charge in [-0.05, 0) is 6.92 Å². The number of aromatic amines is 1. The summed E-state index contributed by atoms with van der Waals surface area (Å²) in [5.41, 5.74) is -1.21. The van der Waals surface area contributed by atoms with E-state index in [1.165, 1.54) is 17.6 Å². The number of aliphatic hydroxyl groups excluding tert-OH is 3. The molecule has 0 aromatic carbocycles. The van der Waals surface area contributed by atoms with Crippen molar-refractivity contribution in [1.29, 1.82) is 0 Å². The molecule has 0 spiro atoms. The van der Waals surface area contributed by atoms with Gasteiger partial charge in [-0.25, -0.2) is 4.79 Å². The van der Waals surface area contributed by atoms with E-state index in [0.29, 0.717) is 5.82 Å². The molecule has 0 aliphatic carbocycles. The molecule has 2 unspecified atom stereocenters. The van der Waals surface area contributed by atoms with Crippen LogP contribution in [0.3, 0.4) is 0 Å². The van der Waals surface area contributed by atoms with Gasteiger partial charge in [0.1, 0.15) is 24.3 Å². The molecular weight excluding hydrogens is 282 g/mol. The van der Waals surface area contributed by atoms with Gasteiger partial charge < -0.3 is 25.0 Å². The number of anilines is 1. The van der Waals surface area contributed by atoms with Crippen LogP contribution in [0.5, 0.6) is 0 Å². The molecule has 1 heterocycles. The summed E-state index contributed by atoms with van der Waals surface area (Å²) in [5, 5.41) is 27.6. The van der Waals surface area contributed by atoms with Crippen molar-refractivity contribution in [3.8, 4) is 0 Å². The fourth-order valence-electron chi connectivity index (χ4n) is 1.88. The van der Waals surface area contributed by atoms with Gasteiger partial charge in [0.15, 0.2) is 0 Å². The molecule has 120 valence electrons. The zero-order valence-electron chi connectivity index (χ0n) is 12.2. The first kappa shape index (κ1) is 17.4. The molecule has 0 radical (unpaired) electrons. The molecule has 1 rings (SSSR count). The third-order valence-electron chi connectivity index (χ3n) is 2.95. The zero-order chi connectivity index (χ0) is 16.2. The Morgan fingerprint density at radius 1 is 1.33 bits per heavy atom. The van der Waals surface area contributed by atoms with Gasteiger partial charge in [0.2, 0.25) is 0 Å². The van der Waals surface area contributed by atoms with Crippen LogP contribution in [0.2, 0.25) is 0 Å². The zero-order valence-corrected chi connectivity index (χ0v) is 12.2. The average Bonchev–Trinajstić information content (AvgIpc) is 2.42. The van der Waals surface area contributed by atoms with Gasteiger partial charge in [-0.1, -0.05) is 0 Å². The Morgan fingerprint density at radius 2 is 1.95 bits per heavy atom. The van der Waals surface area contributed by atoms with Crippen molar-refractivity contribution in [3.05, 3.63) is 26.9 Å². The van der Waals surface area contributed by atoms with E-state index in [2.05, 4.69) is 4.98 Å². The molecule has 0 saturated carbocycles. The quantitative estimate of drug-likeness (QED) is 0.452. The Hall–Kier alpha value is -1.68. The second kappa shape index (κ2) is 7.36. The molecule has 4 N–H and O–H groups in total. The van der Waals surface area contributed by atoms with Crippen molar-refractivity contribution in [2.24, 2.45) is 0 Å². The molecule has 0 aliphatic rings. The number of aromatic nitrogens is 2. The van der Waals surface area contributed by atoms with Gasteiger partial charge in [0, 0.05) is 20.2 Å².